The van der Waals surface area contributed by atoms with Crippen molar-refractivity contribution < 1.29 is 18.8 Å². The van der Waals surface area contributed by atoms with Crippen molar-refractivity contribution in [2.24, 2.45) is 0 Å². The van der Waals surface area contributed by atoms with Crippen LogP contribution in [0.2, 0.25) is 0 Å². The predicted molar refractivity (Wildman–Crippen MR) is 95.3 cm³/mol. The molecule has 1 fully saturated rings. The summed E-state index contributed by atoms with van der Waals surface area (Å²) < 4.78 is 17.1. The summed E-state index contributed by atoms with van der Waals surface area (Å²) in [7, 11) is 1.70. The second-order valence-electron chi connectivity index (χ2n) is 6.92. The number of hydrogen-bond donors (Lipinski definition) is 0. The molecular formula is C20H24N2O4. The predicted octanol–water partition coefficient (Wildman–Crippen LogP) is 2.95. The smallest absolute Gasteiger partial charge is 0.292 e. The highest BCUT2D eigenvalue weighted by Gasteiger charge is 2.44. The van der Waals surface area contributed by atoms with E-state index in [0.717, 1.165) is 42.7 Å². The quantitative estimate of drug-likeness (QED) is 0.846. The maximum absolute atomic E-state index is 12.7. The van der Waals surface area contributed by atoms with E-state index in [-0.39, 0.29) is 11.5 Å². The molecule has 2 aliphatic heterocycles. The molecule has 0 saturated carbocycles. The van der Waals surface area contributed by atoms with Gasteiger partial charge in [0.05, 0.1) is 19.4 Å². The van der Waals surface area contributed by atoms with Crippen LogP contribution in [0, 0.1) is 0 Å². The standard InChI is InChI=1S/C20H24N2O4/c1-3-15-13-17(26-21-15)19(23)22-10-8-20(9-11-22)18-14(7-12-25-20)5-4-6-16(18)24-2/h4-6,13H,3,7-12H2,1-2H3. The van der Waals surface area contributed by atoms with Crippen LogP contribution < -0.4 is 4.74 Å². The Morgan fingerprint density at radius 2 is 2.15 bits per heavy atom. The first-order chi connectivity index (χ1) is 12.7. The van der Waals surface area contributed by atoms with Crippen molar-refractivity contribution in [3.63, 3.8) is 0 Å². The third-order valence-corrected chi connectivity index (χ3v) is 5.53. The van der Waals surface area contributed by atoms with E-state index in [4.69, 9.17) is 14.0 Å². The first-order valence-corrected chi connectivity index (χ1v) is 9.22. The number of carbonyl (C=O) groups excluding carboxylic acids is 1. The molecule has 1 spiro atoms. The summed E-state index contributed by atoms with van der Waals surface area (Å²) in [4.78, 5) is 14.5. The average molecular weight is 356 g/mol. The van der Waals surface area contributed by atoms with E-state index in [2.05, 4.69) is 11.2 Å². The Labute approximate surface area is 153 Å². The summed E-state index contributed by atoms with van der Waals surface area (Å²) in [5.74, 6) is 1.10. The molecule has 0 aliphatic carbocycles. The van der Waals surface area contributed by atoms with Crippen LogP contribution in [0.15, 0.2) is 28.8 Å². The second-order valence-corrected chi connectivity index (χ2v) is 6.92. The zero-order valence-corrected chi connectivity index (χ0v) is 15.3. The summed E-state index contributed by atoms with van der Waals surface area (Å²) in [6.07, 6.45) is 3.15. The topological polar surface area (TPSA) is 64.8 Å². The van der Waals surface area contributed by atoms with E-state index in [1.165, 1.54) is 5.56 Å². The van der Waals surface area contributed by atoms with Crippen molar-refractivity contribution in [1.29, 1.82) is 0 Å². The lowest BCUT2D eigenvalue weighted by Gasteiger charge is -2.45. The Hall–Kier alpha value is -2.34. The number of rotatable bonds is 3. The van der Waals surface area contributed by atoms with Gasteiger partial charge in [0.1, 0.15) is 11.4 Å². The van der Waals surface area contributed by atoms with Gasteiger partial charge in [0.2, 0.25) is 5.76 Å². The van der Waals surface area contributed by atoms with E-state index in [9.17, 15) is 4.79 Å². The van der Waals surface area contributed by atoms with E-state index in [0.29, 0.717) is 25.5 Å². The number of methoxy groups -OCH3 is 1. The number of piperidine rings is 1. The Morgan fingerprint density at radius 1 is 1.35 bits per heavy atom. The summed E-state index contributed by atoms with van der Waals surface area (Å²) in [5, 5.41) is 3.92. The molecule has 2 aliphatic rings. The minimum atomic E-state index is -0.368. The lowest BCUT2D eigenvalue weighted by atomic mass is 9.78. The fourth-order valence-corrected chi connectivity index (χ4v) is 4.10. The monoisotopic (exact) mass is 356 g/mol. The van der Waals surface area contributed by atoms with Gasteiger partial charge < -0.3 is 18.9 Å². The third kappa shape index (κ3) is 2.78. The molecule has 1 saturated heterocycles. The van der Waals surface area contributed by atoms with E-state index in [1.807, 2.05) is 24.0 Å². The normalized spacial score (nSPS) is 18.6. The van der Waals surface area contributed by atoms with Crippen molar-refractivity contribution in [1.82, 2.24) is 10.1 Å². The van der Waals surface area contributed by atoms with E-state index in [1.54, 1.807) is 13.2 Å². The number of ether oxygens (including phenoxy) is 2. The molecule has 26 heavy (non-hydrogen) atoms. The summed E-state index contributed by atoms with van der Waals surface area (Å²) in [6.45, 7) is 3.94. The highest BCUT2D eigenvalue weighted by atomic mass is 16.5. The Kier molecular flexibility index (Phi) is 4.44. The lowest BCUT2D eigenvalue weighted by molar-refractivity contribution is -0.0948. The van der Waals surface area contributed by atoms with Gasteiger partial charge in [-0.25, -0.2) is 0 Å². The molecule has 6 nitrogen and oxygen atoms in total. The molecule has 6 heteroatoms. The Balaban J connectivity index is 1.55. The number of amides is 1. The Bertz CT molecular complexity index is 792. The molecule has 2 aromatic rings. The highest BCUT2D eigenvalue weighted by Crippen LogP contribution is 2.45. The molecule has 138 valence electrons. The second kappa shape index (κ2) is 6.76. The summed E-state index contributed by atoms with van der Waals surface area (Å²) in [5.41, 5.74) is 2.88. The van der Waals surface area contributed by atoms with Crippen LogP contribution in [0.1, 0.15) is 47.1 Å². The van der Waals surface area contributed by atoms with Crippen molar-refractivity contribution in [2.75, 3.05) is 26.8 Å². The van der Waals surface area contributed by atoms with Gasteiger partial charge >= 0.3 is 0 Å². The minimum absolute atomic E-state index is 0.0943. The van der Waals surface area contributed by atoms with Crippen LogP contribution >= 0.6 is 0 Å². The number of aryl methyl sites for hydroxylation is 1. The van der Waals surface area contributed by atoms with Gasteiger partial charge in [0.25, 0.3) is 5.91 Å². The number of nitrogens with zero attached hydrogens (tertiary/aromatic N) is 2. The van der Waals surface area contributed by atoms with Gasteiger partial charge in [-0.3, -0.25) is 4.79 Å². The zero-order chi connectivity index (χ0) is 18.1. The molecule has 0 N–H and O–H groups in total. The zero-order valence-electron chi connectivity index (χ0n) is 15.3. The number of hydrogen-bond acceptors (Lipinski definition) is 5. The number of fused-ring (bicyclic) bond motifs is 2. The maximum atomic E-state index is 12.7. The van der Waals surface area contributed by atoms with E-state index < -0.39 is 0 Å². The largest absolute Gasteiger partial charge is 0.496 e. The fourth-order valence-electron chi connectivity index (χ4n) is 4.10. The molecule has 0 unspecified atom stereocenters. The van der Waals surface area contributed by atoms with Crippen LogP contribution in [0.3, 0.4) is 0 Å². The maximum Gasteiger partial charge on any atom is 0.292 e. The molecule has 1 aromatic carbocycles. The van der Waals surface area contributed by atoms with Crippen LogP contribution in [0.4, 0.5) is 0 Å². The van der Waals surface area contributed by atoms with Crippen molar-refractivity contribution in [3.8, 4) is 5.75 Å². The number of carbonyl (C=O) groups is 1. The first kappa shape index (κ1) is 17.1. The van der Waals surface area contributed by atoms with Crippen molar-refractivity contribution in [3.05, 3.63) is 46.8 Å². The Morgan fingerprint density at radius 3 is 2.85 bits per heavy atom. The van der Waals surface area contributed by atoms with Crippen molar-refractivity contribution >= 4 is 5.91 Å². The summed E-state index contributed by atoms with van der Waals surface area (Å²) >= 11 is 0. The molecule has 0 radical (unpaired) electrons. The highest BCUT2D eigenvalue weighted by molar-refractivity contribution is 5.91. The summed E-state index contributed by atoms with van der Waals surface area (Å²) in [6, 6.07) is 7.92. The molecule has 1 amide bonds. The van der Waals surface area contributed by atoms with Crippen LogP contribution in [0.25, 0.3) is 0 Å². The molecule has 3 heterocycles. The number of benzene rings is 1. The molecule has 0 bridgehead atoms. The van der Waals surface area contributed by atoms with Crippen LogP contribution in [0.5, 0.6) is 5.75 Å². The number of likely N-dealkylation sites (tertiary alicyclic amines) is 1. The first-order valence-electron chi connectivity index (χ1n) is 9.22. The van der Waals surface area contributed by atoms with Gasteiger partial charge in [-0.05, 0) is 37.3 Å². The fraction of sp³-hybridized carbons (Fsp3) is 0.500. The average Bonchev–Trinajstić information content (AvgIpc) is 3.17. The van der Waals surface area contributed by atoms with Crippen LogP contribution in [-0.2, 0) is 23.2 Å². The molecule has 1 aromatic heterocycles. The third-order valence-electron chi connectivity index (χ3n) is 5.53. The van der Waals surface area contributed by atoms with Crippen LogP contribution in [-0.4, -0.2) is 42.8 Å². The number of aromatic nitrogens is 1. The van der Waals surface area contributed by atoms with E-state index >= 15 is 0 Å². The van der Waals surface area contributed by atoms with Gasteiger partial charge in [0, 0.05) is 24.7 Å². The van der Waals surface area contributed by atoms with Gasteiger partial charge in [0.15, 0.2) is 0 Å². The molecule has 4 rings (SSSR count). The van der Waals surface area contributed by atoms with Crippen molar-refractivity contribution in [2.45, 2.75) is 38.2 Å². The molecular weight excluding hydrogens is 332 g/mol. The minimum Gasteiger partial charge on any atom is -0.496 e. The lowest BCUT2D eigenvalue weighted by Crippen LogP contribution is -2.48. The van der Waals surface area contributed by atoms with Gasteiger partial charge in [-0.15, -0.1) is 0 Å². The van der Waals surface area contributed by atoms with Gasteiger partial charge in [-0.2, -0.15) is 0 Å². The van der Waals surface area contributed by atoms with Gasteiger partial charge in [-0.1, -0.05) is 24.2 Å². The SMILES string of the molecule is CCc1cc(C(=O)N2CCC3(CC2)OCCc2cccc(OC)c23)on1. The molecule has 0 atom stereocenters.